The summed E-state index contributed by atoms with van der Waals surface area (Å²) >= 11 is 0. The fourth-order valence-corrected chi connectivity index (χ4v) is 1.40. The molecule has 1 aromatic heterocycles. The van der Waals surface area contributed by atoms with Gasteiger partial charge in [-0.1, -0.05) is 0 Å². The summed E-state index contributed by atoms with van der Waals surface area (Å²) < 4.78 is 1.86. The molecular formula is C11H19N3O. The van der Waals surface area contributed by atoms with E-state index in [0.717, 1.165) is 5.69 Å². The minimum absolute atomic E-state index is 0.00778. The van der Waals surface area contributed by atoms with Crippen molar-refractivity contribution in [2.24, 2.45) is 5.73 Å². The van der Waals surface area contributed by atoms with Crippen LogP contribution in [-0.4, -0.2) is 16.0 Å². The molecule has 1 heterocycles. The maximum atomic E-state index is 11.6. The number of nitrogens with zero attached hydrogens (tertiary/aromatic N) is 1. The highest BCUT2D eigenvalue weighted by Crippen LogP contribution is 2.03. The number of carbonyl (C=O) groups is 1. The molecule has 3 N–H and O–H groups in total. The van der Waals surface area contributed by atoms with Crippen molar-refractivity contribution in [2.75, 3.05) is 0 Å². The Morgan fingerprint density at radius 2 is 2.20 bits per heavy atom. The first kappa shape index (κ1) is 11.8. The van der Waals surface area contributed by atoms with Gasteiger partial charge in [-0.2, -0.15) is 0 Å². The van der Waals surface area contributed by atoms with E-state index in [9.17, 15) is 4.79 Å². The van der Waals surface area contributed by atoms with Crippen molar-refractivity contribution < 1.29 is 4.79 Å². The predicted molar refractivity (Wildman–Crippen MR) is 60.2 cm³/mol. The summed E-state index contributed by atoms with van der Waals surface area (Å²) in [5, 5.41) is 2.91. The van der Waals surface area contributed by atoms with Crippen LogP contribution in [0.2, 0.25) is 0 Å². The van der Waals surface area contributed by atoms with Crippen LogP contribution >= 0.6 is 0 Å². The maximum Gasteiger partial charge on any atom is 0.240 e. The monoisotopic (exact) mass is 209 g/mol. The average molecular weight is 209 g/mol. The molecule has 84 valence electrons. The van der Waals surface area contributed by atoms with E-state index in [1.165, 1.54) is 0 Å². The Kier molecular flexibility index (Phi) is 3.52. The van der Waals surface area contributed by atoms with Gasteiger partial charge in [0.2, 0.25) is 5.91 Å². The largest absolute Gasteiger partial charge is 0.350 e. The number of rotatable bonds is 3. The first-order chi connectivity index (χ1) is 6.92. The van der Waals surface area contributed by atoms with Gasteiger partial charge in [0.1, 0.15) is 6.54 Å². The number of nitrogens with two attached hydrogens (primary N) is 1. The van der Waals surface area contributed by atoms with Crippen molar-refractivity contribution in [1.29, 1.82) is 0 Å². The molecule has 0 aromatic carbocycles. The second-order valence-electron chi connectivity index (χ2n) is 4.63. The summed E-state index contributed by atoms with van der Waals surface area (Å²) in [5.74, 6) is 0.00778. The molecule has 0 unspecified atom stereocenters. The van der Waals surface area contributed by atoms with Gasteiger partial charge >= 0.3 is 0 Å². The van der Waals surface area contributed by atoms with Crippen molar-refractivity contribution in [1.82, 2.24) is 9.88 Å². The minimum Gasteiger partial charge on any atom is -0.350 e. The molecule has 4 heteroatoms. The van der Waals surface area contributed by atoms with Gasteiger partial charge in [0.05, 0.1) is 0 Å². The van der Waals surface area contributed by atoms with Gasteiger partial charge in [-0.05, 0) is 32.9 Å². The summed E-state index contributed by atoms with van der Waals surface area (Å²) in [6, 6.07) is 3.82. The third-order valence-corrected chi connectivity index (χ3v) is 1.96. The van der Waals surface area contributed by atoms with Gasteiger partial charge < -0.3 is 15.6 Å². The molecule has 0 saturated carbocycles. The van der Waals surface area contributed by atoms with Gasteiger partial charge in [0, 0.05) is 24.0 Å². The number of aromatic nitrogens is 1. The highest BCUT2D eigenvalue weighted by Gasteiger charge is 2.14. The lowest BCUT2D eigenvalue weighted by Crippen LogP contribution is -2.42. The zero-order valence-electron chi connectivity index (χ0n) is 9.58. The lowest BCUT2D eigenvalue weighted by Gasteiger charge is -2.21. The van der Waals surface area contributed by atoms with Crippen molar-refractivity contribution in [3.63, 3.8) is 0 Å². The third kappa shape index (κ3) is 3.75. The molecule has 4 nitrogen and oxygen atoms in total. The first-order valence-electron chi connectivity index (χ1n) is 5.07. The van der Waals surface area contributed by atoms with Crippen molar-refractivity contribution in [3.8, 4) is 0 Å². The molecule has 1 amide bonds. The average Bonchev–Trinajstić information content (AvgIpc) is 2.48. The summed E-state index contributed by atoms with van der Waals surface area (Å²) in [6.07, 6.45) is 1.87. The van der Waals surface area contributed by atoms with E-state index in [-0.39, 0.29) is 11.4 Å². The van der Waals surface area contributed by atoms with E-state index in [0.29, 0.717) is 13.1 Å². The number of amides is 1. The third-order valence-electron chi connectivity index (χ3n) is 1.96. The Balaban J connectivity index is 2.59. The minimum atomic E-state index is -0.187. The summed E-state index contributed by atoms with van der Waals surface area (Å²) in [4.78, 5) is 11.6. The molecule has 0 aliphatic heterocycles. The van der Waals surface area contributed by atoms with Crippen LogP contribution in [0.25, 0.3) is 0 Å². The topological polar surface area (TPSA) is 60.0 Å². The van der Waals surface area contributed by atoms with Crippen LogP contribution < -0.4 is 11.1 Å². The SMILES string of the molecule is CC(C)(C)NC(=O)Cn1cccc1CN. The predicted octanol–water partition coefficient (Wildman–Crippen LogP) is 0.862. The van der Waals surface area contributed by atoms with Crippen LogP contribution in [0.1, 0.15) is 26.5 Å². The second-order valence-corrected chi connectivity index (χ2v) is 4.63. The van der Waals surface area contributed by atoms with Crippen LogP contribution in [0.4, 0.5) is 0 Å². The molecule has 0 spiro atoms. The molecule has 15 heavy (non-hydrogen) atoms. The highest BCUT2D eigenvalue weighted by molar-refractivity contribution is 5.76. The lowest BCUT2D eigenvalue weighted by molar-refractivity contribution is -0.123. The molecule has 1 aromatic rings. The fraction of sp³-hybridized carbons (Fsp3) is 0.545. The van der Waals surface area contributed by atoms with E-state index in [4.69, 9.17) is 5.73 Å². The standard InChI is InChI=1S/C11H19N3O/c1-11(2,3)13-10(15)8-14-6-4-5-9(14)7-12/h4-6H,7-8,12H2,1-3H3,(H,13,15). The Morgan fingerprint density at radius 3 is 2.73 bits per heavy atom. The van der Waals surface area contributed by atoms with Gasteiger partial charge in [-0.15, -0.1) is 0 Å². The zero-order valence-corrected chi connectivity index (χ0v) is 9.58. The van der Waals surface area contributed by atoms with Crippen molar-refractivity contribution in [2.45, 2.75) is 39.4 Å². The Hall–Kier alpha value is -1.29. The molecule has 0 saturated heterocycles. The summed E-state index contributed by atoms with van der Waals surface area (Å²) in [5.41, 5.74) is 6.33. The van der Waals surface area contributed by atoms with Crippen LogP contribution in [0, 0.1) is 0 Å². The van der Waals surface area contributed by atoms with Gasteiger partial charge in [0.25, 0.3) is 0 Å². The Bertz CT molecular complexity index is 336. The summed E-state index contributed by atoms with van der Waals surface area (Å²) in [7, 11) is 0. The second kappa shape index (κ2) is 4.49. The normalized spacial score (nSPS) is 11.5. The lowest BCUT2D eigenvalue weighted by atomic mass is 10.1. The molecule has 1 rings (SSSR count). The van der Waals surface area contributed by atoms with Crippen LogP contribution in [-0.2, 0) is 17.9 Å². The van der Waals surface area contributed by atoms with E-state index < -0.39 is 0 Å². The maximum absolute atomic E-state index is 11.6. The first-order valence-corrected chi connectivity index (χ1v) is 5.07. The van der Waals surface area contributed by atoms with Gasteiger partial charge in [0.15, 0.2) is 0 Å². The number of hydrogen-bond acceptors (Lipinski definition) is 2. The Labute approximate surface area is 90.5 Å². The van der Waals surface area contributed by atoms with E-state index in [1.807, 2.05) is 43.7 Å². The zero-order chi connectivity index (χ0) is 11.5. The molecule has 0 radical (unpaired) electrons. The van der Waals surface area contributed by atoms with Crippen LogP contribution in [0.3, 0.4) is 0 Å². The number of nitrogens with one attached hydrogen (secondary N) is 1. The molecular weight excluding hydrogens is 190 g/mol. The van der Waals surface area contributed by atoms with Gasteiger partial charge in [-0.3, -0.25) is 4.79 Å². The Morgan fingerprint density at radius 1 is 1.53 bits per heavy atom. The molecule has 0 atom stereocenters. The van der Waals surface area contributed by atoms with Gasteiger partial charge in [-0.25, -0.2) is 0 Å². The quantitative estimate of drug-likeness (QED) is 0.775. The highest BCUT2D eigenvalue weighted by atomic mass is 16.2. The van der Waals surface area contributed by atoms with Crippen molar-refractivity contribution in [3.05, 3.63) is 24.0 Å². The molecule has 0 aliphatic carbocycles. The van der Waals surface area contributed by atoms with Crippen molar-refractivity contribution >= 4 is 5.91 Å². The molecule has 0 bridgehead atoms. The summed E-state index contributed by atoms with van der Waals surface area (Å²) in [6.45, 7) is 6.67. The van der Waals surface area contributed by atoms with Crippen LogP contribution in [0.5, 0.6) is 0 Å². The number of hydrogen-bond donors (Lipinski definition) is 2. The van der Waals surface area contributed by atoms with E-state index in [2.05, 4.69) is 5.32 Å². The fourth-order valence-electron chi connectivity index (χ4n) is 1.40. The van der Waals surface area contributed by atoms with Crippen LogP contribution in [0.15, 0.2) is 18.3 Å². The number of carbonyl (C=O) groups excluding carboxylic acids is 1. The van der Waals surface area contributed by atoms with E-state index >= 15 is 0 Å². The molecule has 0 fully saturated rings. The smallest absolute Gasteiger partial charge is 0.240 e. The molecule has 0 aliphatic rings. The van der Waals surface area contributed by atoms with E-state index in [1.54, 1.807) is 0 Å².